The quantitative estimate of drug-likeness (QED) is 0.722. The Labute approximate surface area is 157 Å². The summed E-state index contributed by atoms with van der Waals surface area (Å²) in [4.78, 5) is 12.6. The minimum absolute atomic E-state index is 0.299. The zero-order valence-corrected chi connectivity index (χ0v) is 15.6. The van der Waals surface area contributed by atoms with E-state index in [9.17, 15) is 4.79 Å². The summed E-state index contributed by atoms with van der Waals surface area (Å²) < 4.78 is 17.3. The van der Waals surface area contributed by atoms with Gasteiger partial charge in [0, 0.05) is 23.4 Å². The van der Waals surface area contributed by atoms with Gasteiger partial charge in [0.15, 0.2) is 5.82 Å². The van der Waals surface area contributed by atoms with Crippen LogP contribution in [0.15, 0.2) is 48.5 Å². The molecule has 7 nitrogen and oxygen atoms in total. The van der Waals surface area contributed by atoms with Gasteiger partial charge >= 0.3 is 0 Å². The Morgan fingerprint density at radius 2 is 1.48 bits per heavy atom. The van der Waals surface area contributed by atoms with Crippen molar-refractivity contribution < 1.29 is 19.0 Å². The first-order valence-corrected chi connectivity index (χ1v) is 8.29. The van der Waals surface area contributed by atoms with Crippen LogP contribution in [0.25, 0.3) is 5.69 Å². The maximum absolute atomic E-state index is 12.6. The van der Waals surface area contributed by atoms with E-state index in [4.69, 9.17) is 14.2 Å². The largest absolute Gasteiger partial charge is 0.497 e. The predicted octanol–water partition coefficient (Wildman–Crippen LogP) is 3.46. The van der Waals surface area contributed by atoms with Crippen molar-refractivity contribution in [3.8, 4) is 22.9 Å². The number of anilines is 1. The molecular weight excluding hydrogens is 346 g/mol. The topological polar surface area (TPSA) is 74.6 Å². The Hall–Kier alpha value is -3.48. The van der Waals surface area contributed by atoms with Gasteiger partial charge < -0.3 is 19.5 Å². The van der Waals surface area contributed by atoms with Crippen LogP contribution in [-0.4, -0.2) is 37.0 Å². The Balaban J connectivity index is 1.83. The Morgan fingerprint density at radius 3 is 2.04 bits per heavy atom. The number of nitrogens with one attached hydrogen (secondary N) is 1. The molecule has 0 radical (unpaired) electrons. The monoisotopic (exact) mass is 367 g/mol. The lowest BCUT2D eigenvalue weighted by Gasteiger charge is -2.08. The van der Waals surface area contributed by atoms with Crippen LogP contribution in [0.5, 0.6) is 17.2 Å². The number of nitrogens with zero attached hydrogens (tertiary/aromatic N) is 2. The summed E-state index contributed by atoms with van der Waals surface area (Å²) in [5, 5.41) is 7.28. The van der Waals surface area contributed by atoms with Gasteiger partial charge in [-0.1, -0.05) is 0 Å². The highest BCUT2D eigenvalue weighted by Crippen LogP contribution is 2.24. The molecule has 0 bridgehead atoms. The van der Waals surface area contributed by atoms with Crippen LogP contribution in [0.3, 0.4) is 0 Å². The number of methoxy groups -OCH3 is 3. The van der Waals surface area contributed by atoms with E-state index in [2.05, 4.69) is 10.4 Å². The summed E-state index contributed by atoms with van der Waals surface area (Å²) in [6.07, 6.45) is 0. The van der Waals surface area contributed by atoms with Crippen LogP contribution in [0.1, 0.15) is 16.1 Å². The third-order valence-corrected chi connectivity index (χ3v) is 4.06. The van der Waals surface area contributed by atoms with Gasteiger partial charge in [-0.3, -0.25) is 4.79 Å². The third kappa shape index (κ3) is 4.03. The van der Waals surface area contributed by atoms with Crippen molar-refractivity contribution >= 4 is 11.7 Å². The lowest BCUT2D eigenvalue weighted by Crippen LogP contribution is -2.13. The van der Waals surface area contributed by atoms with Crippen LogP contribution in [0.4, 0.5) is 5.82 Å². The minimum atomic E-state index is -0.299. The van der Waals surface area contributed by atoms with Crippen molar-refractivity contribution in [1.29, 1.82) is 0 Å². The highest BCUT2D eigenvalue weighted by Gasteiger charge is 2.13. The van der Waals surface area contributed by atoms with Crippen molar-refractivity contribution in [3.05, 3.63) is 59.8 Å². The van der Waals surface area contributed by atoms with Crippen LogP contribution in [-0.2, 0) is 0 Å². The van der Waals surface area contributed by atoms with E-state index < -0.39 is 0 Å². The first-order valence-electron chi connectivity index (χ1n) is 8.29. The van der Waals surface area contributed by atoms with Crippen LogP contribution in [0.2, 0.25) is 0 Å². The Bertz CT molecular complexity index is 926. The number of aromatic nitrogens is 2. The molecule has 7 heteroatoms. The lowest BCUT2D eigenvalue weighted by molar-refractivity contribution is 0.102. The number of carbonyl (C=O) groups is 1. The molecule has 1 N–H and O–H groups in total. The molecule has 2 aromatic carbocycles. The minimum Gasteiger partial charge on any atom is -0.497 e. The molecule has 0 aliphatic rings. The average Bonchev–Trinajstić information content (AvgIpc) is 3.07. The standard InChI is InChI=1S/C20H21N3O4/c1-13-9-19(22-23(13)15-5-7-16(25-2)8-6-15)21-20(24)14-10-17(26-3)12-18(11-14)27-4/h5-12H,1-4H3,(H,21,22,24). The number of benzene rings is 2. The number of hydrogen-bond acceptors (Lipinski definition) is 5. The maximum Gasteiger partial charge on any atom is 0.257 e. The molecule has 140 valence electrons. The van der Waals surface area contributed by atoms with E-state index in [-0.39, 0.29) is 5.91 Å². The highest BCUT2D eigenvalue weighted by molar-refractivity contribution is 6.04. The van der Waals surface area contributed by atoms with Gasteiger partial charge in [-0.05, 0) is 43.3 Å². The molecule has 0 atom stereocenters. The molecule has 27 heavy (non-hydrogen) atoms. The average molecular weight is 367 g/mol. The van der Waals surface area contributed by atoms with Gasteiger partial charge in [0.2, 0.25) is 0 Å². The van der Waals surface area contributed by atoms with Gasteiger partial charge in [-0.2, -0.15) is 0 Å². The zero-order valence-electron chi connectivity index (χ0n) is 15.6. The third-order valence-electron chi connectivity index (χ3n) is 4.06. The molecule has 1 aromatic heterocycles. The first-order chi connectivity index (χ1) is 13.0. The summed E-state index contributed by atoms with van der Waals surface area (Å²) in [7, 11) is 4.70. The van der Waals surface area contributed by atoms with Crippen molar-refractivity contribution in [1.82, 2.24) is 9.78 Å². The van der Waals surface area contributed by atoms with Crippen molar-refractivity contribution in [2.45, 2.75) is 6.92 Å². The molecule has 3 rings (SSSR count). The molecule has 0 aliphatic carbocycles. The fourth-order valence-electron chi connectivity index (χ4n) is 2.65. The SMILES string of the molecule is COc1ccc(-n2nc(NC(=O)c3cc(OC)cc(OC)c3)cc2C)cc1. The van der Waals surface area contributed by atoms with Crippen LogP contribution in [0, 0.1) is 6.92 Å². The van der Waals surface area contributed by atoms with Crippen molar-refractivity contribution in [2.75, 3.05) is 26.6 Å². The van der Waals surface area contributed by atoms with E-state index >= 15 is 0 Å². The van der Waals surface area contributed by atoms with Crippen molar-refractivity contribution in [3.63, 3.8) is 0 Å². The number of aryl methyl sites for hydroxylation is 1. The molecule has 0 spiro atoms. The molecule has 0 saturated heterocycles. The second-order valence-electron chi connectivity index (χ2n) is 5.84. The van der Waals surface area contributed by atoms with Gasteiger partial charge in [0.1, 0.15) is 17.2 Å². The highest BCUT2D eigenvalue weighted by atomic mass is 16.5. The molecule has 1 amide bonds. The first kappa shape index (κ1) is 18.3. The van der Waals surface area contributed by atoms with E-state index in [1.165, 1.54) is 14.2 Å². The smallest absolute Gasteiger partial charge is 0.257 e. The van der Waals surface area contributed by atoms with E-state index in [1.54, 1.807) is 36.1 Å². The molecule has 0 saturated carbocycles. The fraction of sp³-hybridized carbons (Fsp3) is 0.200. The molecule has 3 aromatic rings. The van der Waals surface area contributed by atoms with Crippen molar-refractivity contribution in [2.24, 2.45) is 0 Å². The number of rotatable bonds is 6. The normalized spacial score (nSPS) is 10.4. The summed E-state index contributed by atoms with van der Waals surface area (Å²) >= 11 is 0. The summed E-state index contributed by atoms with van der Waals surface area (Å²) in [5.74, 6) is 2.00. The number of carbonyl (C=O) groups excluding carboxylic acids is 1. The molecule has 0 fully saturated rings. The summed E-state index contributed by atoms with van der Waals surface area (Å²) in [6.45, 7) is 1.92. The Kier molecular flexibility index (Phi) is 5.30. The van der Waals surface area contributed by atoms with Gasteiger partial charge in [0.25, 0.3) is 5.91 Å². The lowest BCUT2D eigenvalue weighted by atomic mass is 10.2. The van der Waals surface area contributed by atoms with E-state index in [0.29, 0.717) is 22.9 Å². The molecule has 1 heterocycles. The number of hydrogen-bond donors (Lipinski definition) is 1. The molecular formula is C20H21N3O4. The number of amides is 1. The summed E-state index contributed by atoms with van der Waals surface area (Å²) in [5.41, 5.74) is 2.18. The molecule has 0 unspecified atom stereocenters. The second kappa shape index (κ2) is 7.82. The van der Waals surface area contributed by atoms with Gasteiger partial charge in [-0.15, -0.1) is 5.10 Å². The zero-order chi connectivity index (χ0) is 19.4. The maximum atomic E-state index is 12.6. The second-order valence-corrected chi connectivity index (χ2v) is 5.84. The van der Waals surface area contributed by atoms with Gasteiger partial charge in [0.05, 0.1) is 27.0 Å². The predicted molar refractivity (Wildman–Crippen MR) is 102 cm³/mol. The van der Waals surface area contributed by atoms with Crippen LogP contribution >= 0.6 is 0 Å². The Morgan fingerprint density at radius 1 is 0.889 bits per heavy atom. The van der Waals surface area contributed by atoms with E-state index in [1.807, 2.05) is 31.2 Å². The van der Waals surface area contributed by atoms with E-state index in [0.717, 1.165) is 17.1 Å². The fourth-order valence-corrected chi connectivity index (χ4v) is 2.65. The van der Waals surface area contributed by atoms with Crippen LogP contribution < -0.4 is 19.5 Å². The summed E-state index contributed by atoms with van der Waals surface area (Å²) in [6, 6.07) is 14.3. The number of ether oxygens (including phenoxy) is 3. The molecule has 0 aliphatic heterocycles. The van der Waals surface area contributed by atoms with Gasteiger partial charge in [-0.25, -0.2) is 4.68 Å².